The second-order valence-corrected chi connectivity index (χ2v) is 7.20. The van der Waals surface area contributed by atoms with Crippen LogP contribution in [0.3, 0.4) is 0 Å². The van der Waals surface area contributed by atoms with Crippen molar-refractivity contribution >= 4 is 5.57 Å². The van der Waals surface area contributed by atoms with Gasteiger partial charge in [0.2, 0.25) is 0 Å². The van der Waals surface area contributed by atoms with Crippen molar-refractivity contribution < 1.29 is 0 Å². The van der Waals surface area contributed by atoms with E-state index < -0.39 is 0 Å². The van der Waals surface area contributed by atoms with Crippen LogP contribution in [0.5, 0.6) is 0 Å². The Morgan fingerprint density at radius 3 is 2.45 bits per heavy atom. The smallest absolute Gasteiger partial charge is 0.00563 e. The molecule has 1 rings (SSSR count). The highest BCUT2D eigenvalue weighted by Crippen LogP contribution is 2.20. The summed E-state index contributed by atoms with van der Waals surface area (Å²) in [6.07, 6.45) is 22.9. The first-order chi connectivity index (χ1) is 14.0. The summed E-state index contributed by atoms with van der Waals surface area (Å²) in [5.74, 6) is 0. The van der Waals surface area contributed by atoms with Crippen LogP contribution in [0.15, 0.2) is 102 Å². The number of unbranched alkanes of at least 4 members (excludes halogenated alkanes) is 1. The summed E-state index contributed by atoms with van der Waals surface area (Å²) in [4.78, 5) is 0. The van der Waals surface area contributed by atoms with Crippen molar-refractivity contribution in [3.63, 3.8) is 0 Å². The summed E-state index contributed by atoms with van der Waals surface area (Å²) in [6.45, 7) is 12.5. The zero-order valence-corrected chi connectivity index (χ0v) is 18.6. The van der Waals surface area contributed by atoms with Crippen molar-refractivity contribution in [2.45, 2.75) is 53.4 Å². The third-order valence-electron chi connectivity index (χ3n) is 4.55. The Bertz CT molecular complexity index is 826. The van der Waals surface area contributed by atoms with E-state index in [2.05, 4.69) is 94.1 Å². The lowest BCUT2D eigenvalue weighted by atomic mass is 9.98. The SMILES string of the molecule is C=C(C)C(/C=C\CC)=C/Cc1cccc(C(/C=C\N)=C/CC/C=C(C)/C=C/C)c1. The molecule has 2 N–H and O–H groups in total. The average molecular weight is 388 g/mol. The molecular weight excluding hydrogens is 350 g/mol. The Kier molecular flexibility index (Phi) is 11.9. The molecule has 0 atom stereocenters. The first-order valence-corrected chi connectivity index (χ1v) is 10.5. The fourth-order valence-electron chi connectivity index (χ4n) is 3.00. The molecule has 1 nitrogen and oxygen atoms in total. The highest BCUT2D eigenvalue weighted by Gasteiger charge is 2.01. The topological polar surface area (TPSA) is 26.0 Å². The molecule has 0 saturated heterocycles. The van der Waals surface area contributed by atoms with Gasteiger partial charge in [-0.25, -0.2) is 0 Å². The first kappa shape index (κ1) is 24.2. The molecule has 0 radical (unpaired) electrons. The molecule has 0 spiro atoms. The molecule has 0 aliphatic heterocycles. The summed E-state index contributed by atoms with van der Waals surface area (Å²) < 4.78 is 0. The zero-order chi connectivity index (χ0) is 21.5. The molecule has 0 fully saturated rings. The molecule has 1 heteroatoms. The van der Waals surface area contributed by atoms with Crippen molar-refractivity contribution in [1.82, 2.24) is 0 Å². The average Bonchev–Trinajstić information content (AvgIpc) is 2.70. The number of nitrogens with two attached hydrogens (primary N) is 1. The Morgan fingerprint density at radius 2 is 1.79 bits per heavy atom. The van der Waals surface area contributed by atoms with Crippen LogP contribution in [0, 0.1) is 0 Å². The summed E-state index contributed by atoms with van der Waals surface area (Å²) >= 11 is 0. The molecule has 0 unspecified atom stereocenters. The summed E-state index contributed by atoms with van der Waals surface area (Å²) in [5, 5.41) is 0. The second-order valence-electron chi connectivity index (χ2n) is 7.20. The molecule has 0 bridgehead atoms. The Labute approximate surface area is 178 Å². The maximum absolute atomic E-state index is 5.71. The van der Waals surface area contributed by atoms with E-state index in [-0.39, 0.29) is 0 Å². The van der Waals surface area contributed by atoms with E-state index in [1.165, 1.54) is 27.8 Å². The largest absolute Gasteiger partial charge is 0.405 e. The standard InChI is InChI=1S/C28H37N/c1-6-8-15-26(23(3)4)19-18-25-14-11-17-28(22-25)27(20-21-29)16-10-9-13-24(5)12-7-2/h7-8,11-17,19-22H,3,6,9-10,18,29H2,1-2,4-5H3/b12-7+,15-8-,21-20-,24-13+,26-19+,27-16+. The fraction of sp³-hybridized carbons (Fsp3) is 0.286. The highest BCUT2D eigenvalue weighted by molar-refractivity contribution is 5.74. The molecule has 0 saturated carbocycles. The van der Waals surface area contributed by atoms with Crippen LogP contribution in [0.25, 0.3) is 5.57 Å². The van der Waals surface area contributed by atoms with Gasteiger partial charge in [0.25, 0.3) is 0 Å². The monoisotopic (exact) mass is 387 g/mol. The van der Waals surface area contributed by atoms with E-state index in [1.807, 2.05) is 13.0 Å². The minimum atomic E-state index is 0.884. The van der Waals surface area contributed by atoms with Gasteiger partial charge in [0.1, 0.15) is 0 Å². The number of allylic oxidation sites excluding steroid dienone is 12. The second kappa shape index (κ2) is 14.2. The molecule has 0 aliphatic carbocycles. The molecule has 154 valence electrons. The minimum absolute atomic E-state index is 0.884. The van der Waals surface area contributed by atoms with Gasteiger partial charge < -0.3 is 5.73 Å². The predicted octanol–water partition coefficient (Wildman–Crippen LogP) is 7.86. The van der Waals surface area contributed by atoms with Gasteiger partial charge >= 0.3 is 0 Å². The van der Waals surface area contributed by atoms with Gasteiger partial charge in [-0.3, -0.25) is 0 Å². The normalized spacial score (nSPS) is 13.9. The van der Waals surface area contributed by atoms with Crippen molar-refractivity contribution in [2.24, 2.45) is 5.73 Å². The highest BCUT2D eigenvalue weighted by atomic mass is 14.5. The molecule has 29 heavy (non-hydrogen) atoms. The lowest BCUT2D eigenvalue weighted by Gasteiger charge is -2.07. The van der Waals surface area contributed by atoms with Gasteiger partial charge in [0, 0.05) is 0 Å². The van der Waals surface area contributed by atoms with Crippen molar-refractivity contribution in [3.05, 3.63) is 113 Å². The number of rotatable bonds is 11. The quantitative estimate of drug-likeness (QED) is 0.303. The number of hydrogen-bond donors (Lipinski definition) is 1. The van der Waals surface area contributed by atoms with Gasteiger partial charge in [0.15, 0.2) is 0 Å². The van der Waals surface area contributed by atoms with Gasteiger partial charge in [-0.05, 0) is 81.0 Å². The van der Waals surface area contributed by atoms with Crippen LogP contribution in [-0.4, -0.2) is 0 Å². The molecular formula is C28H37N. The maximum atomic E-state index is 5.71. The van der Waals surface area contributed by atoms with Gasteiger partial charge in [-0.2, -0.15) is 0 Å². The Hall–Kier alpha value is -2.80. The third kappa shape index (κ3) is 9.80. The third-order valence-corrected chi connectivity index (χ3v) is 4.55. The van der Waals surface area contributed by atoms with E-state index in [4.69, 9.17) is 5.73 Å². The number of benzene rings is 1. The Morgan fingerprint density at radius 1 is 1.03 bits per heavy atom. The van der Waals surface area contributed by atoms with Crippen LogP contribution >= 0.6 is 0 Å². The van der Waals surface area contributed by atoms with E-state index in [1.54, 1.807) is 6.20 Å². The van der Waals surface area contributed by atoms with Crippen LogP contribution in [-0.2, 0) is 6.42 Å². The van der Waals surface area contributed by atoms with Gasteiger partial charge in [-0.1, -0.05) is 91.4 Å². The summed E-state index contributed by atoms with van der Waals surface area (Å²) in [6, 6.07) is 8.70. The van der Waals surface area contributed by atoms with Crippen LogP contribution < -0.4 is 5.73 Å². The van der Waals surface area contributed by atoms with E-state index >= 15 is 0 Å². The van der Waals surface area contributed by atoms with Gasteiger partial charge in [0.05, 0.1) is 0 Å². The summed E-state index contributed by atoms with van der Waals surface area (Å²) in [5.41, 5.74) is 13.0. The molecule has 0 aromatic heterocycles. The molecule has 1 aromatic carbocycles. The molecule has 0 heterocycles. The lowest BCUT2D eigenvalue weighted by Crippen LogP contribution is -1.89. The van der Waals surface area contributed by atoms with Crippen LogP contribution in [0.2, 0.25) is 0 Å². The van der Waals surface area contributed by atoms with Crippen molar-refractivity contribution in [1.29, 1.82) is 0 Å². The molecule has 1 aromatic rings. The minimum Gasteiger partial charge on any atom is -0.405 e. The molecule has 0 aliphatic rings. The number of hydrogen-bond acceptors (Lipinski definition) is 1. The Balaban J connectivity index is 2.98. The van der Waals surface area contributed by atoms with Crippen molar-refractivity contribution in [3.8, 4) is 0 Å². The molecule has 0 amide bonds. The van der Waals surface area contributed by atoms with E-state index in [0.717, 1.165) is 31.3 Å². The zero-order valence-electron chi connectivity index (χ0n) is 18.6. The maximum Gasteiger partial charge on any atom is -0.00563 e. The fourth-order valence-corrected chi connectivity index (χ4v) is 3.00. The summed E-state index contributed by atoms with van der Waals surface area (Å²) in [7, 11) is 0. The van der Waals surface area contributed by atoms with Crippen molar-refractivity contribution in [2.75, 3.05) is 0 Å². The van der Waals surface area contributed by atoms with Gasteiger partial charge in [-0.15, -0.1) is 0 Å². The van der Waals surface area contributed by atoms with E-state index in [9.17, 15) is 0 Å². The van der Waals surface area contributed by atoms with E-state index in [0.29, 0.717) is 0 Å². The van der Waals surface area contributed by atoms with Crippen LogP contribution in [0.1, 0.15) is 58.1 Å². The first-order valence-electron chi connectivity index (χ1n) is 10.5. The van der Waals surface area contributed by atoms with Crippen LogP contribution in [0.4, 0.5) is 0 Å². The lowest BCUT2D eigenvalue weighted by molar-refractivity contribution is 1.04. The predicted molar refractivity (Wildman–Crippen MR) is 132 cm³/mol.